The van der Waals surface area contributed by atoms with Crippen LogP contribution >= 0.6 is 0 Å². The number of hydrogen-bond donors (Lipinski definition) is 1. The predicted octanol–water partition coefficient (Wildman–Crippen LogP) is 4.73. The molecule has 3 aromatic carbocycles. The van der Waals surface area contributed by atoms with Crippen molar-refractivity contribution in [3.05, 3.63) is 113 Å². The Morgan fingerprint density at radius 1 is 0.875 bits per heavy atom. The smallest absolute Gasteiger partial charge is 0.328 e. The van der Waals surface area contributed by atoms with Crippen LogP contribution < -0.4 is 10.1 Å². The van der Waals surface area contributed by atoms with Crippen molar-refractivity contribution in [2.75, 3.05) is 7.11 Å². The van der Waals surface area contributed by atoms with Crippen LogP contribution in [0.3, 0.4) is 0 Å². The van der Waals surface area contributed by atoms with E-state index < -0.39 is 12.0 Å². The van der Waals surface area contributed by atoms with Crippen molar-refractivity contribution in [1.29, 1.82) is 0 Å². The summed E-state index contributed by atoms with van der Waals surface area (Å²) in [6.07, 6.45) is 1.90. The van der Waals surface area contributed by atoms with E-state index in [1.165, 1.54) is 13.2 Å². The molecule has 3 aromatic rings. The van der Waals surface area contributed by atoms with E-state index in [0.717, 1.165) is 16.9 Å². The molecule has 32 heavy (non-hydrogen) atoms. The number of methoxy groups -OCH3 is 1. The van der Waals surface area contributed by atoms with Gasteiger partial charge in [0.05, 0.1) is 7.11 Å². The van der Waals surface area contributed by atoms with Gasteiger partial charge in [-0.2, -0.15) is 0 Å². The van der Waals surface area contributed by atoms with E-state index in [9.17, 15) is 9.59 Å². The normalized spacial score (nSPS) is 12.0. The Kier molecular flexibility index (Phi) is 8.21. The molecule has 3 rings (SSSR count). The Morgan fingerprint density at radius 2 is 1.50 bits per heavy atom. The molecule has 0 bridgehead atoms. The molecule has 0 aliphatic heterocycles. The fraction of sp³-hybridized carbons (Fsp3) is 0.185. The van der Waals surface area contributed by atoms with E-state index >= 15 is 0 Å². The predicted molar refractivity (Wildman–Crippen MR) is 124 cm³/mol. The molecular weight excluding hydrogens is 402 g/mol. The summed E-state index contributed by atoms with van der Waals surface area (Å²) >= 11 is 0. The van der Waals surface area contributed by atoms with Crippen LogP contribution in [-0.2, 0) is 22.6 Å². The van der Waals surface area contributed by atoms with Gasteiger partial charge < -0.3 is 14.8 Å². The van der Waals surface area contributed by atoms with Crippen molar-refractivity contribution >= 4 is 11.8 Å². The van der Waals surface area contributed by atoms with Crippen LogP contribution in [0.5, 0.6) is 5.75 Å². The molecule has 0 fully saturated rings. The van der Waals surface area contributed by atoms with E-state index in [1.807, 2.05) is 72.8 Å². The number of carbonyl (C=O) groups is 2. The van der Waals surface area contributed by atoms with Gasteiger partial charge in [0.15, 0.2) is 5.78 Å². The first-order valence-electron chi connectivity index (χ1n) is 10.4. The number of rotatable bonds is 10. The molecule has 0 heterocycles. The third-order valence-corrected chi connectivity index (χ3v) is 4.91. The Labute approximate surface area is 188 Å². The van der Waals surface area contributed by atoms with Crippen molar-refractivity contribution in [3.8, 4) is 5.75 Å². The van der Waals surface area contributed by atoms with Crippen LogP contribution in [0.1, 0.15) is 28.4 Å². The van der Waals surface area contributed by atoms with Crippen molar-refractivity contribution in [1.82, 2.24) is 5.32 Å². The summed E-state index contributed by atoms with van der Waals surface area (Å²) in [5, 5.41) is 3.11. The average Bonchev–Trinajstić information content (AvgIpc) is 2.83. The molecule has 5 nitrogen and oxygen atoms in total. The summed E-state index contributed by atoms with van der Waals surface area (Å²) < 4.78 is 10.8. The maximum Gasteiger partial charge on any atom is 0.328 e. The fourth-order valence-electron chi connectivity index (χ4n) is 3.23. The molecule has 1 unspecified atom stereocenters. The zero-order valence-electron chi connectivity index (χ0n) is 18.3. The van der Waals surface area contributed by atoms with Gasteiger partial charge in [-0.05, 0) is 30.2 Å². The van der Waals surface area contributed by atoms with Gasteiger partial charge in [0.25, 0.3) is 0 Å². The number of benzene rings is 3. The van der Waals surface area contributed by atoms with Crippen LogP contribution in [-0.4, -0.2) is 24.9 Å². The SMILES string of the molecule is COC(=O)C(Cc1ccc(OCc2ccccc2)cc1)N/C(C)=C\C(=O)c1ccccc1. The lowest BCUT2D eigenvalue weighted by Crippen LogP contribution is -2.38. The highest BCUT2D eigenvalue weighted by Crippen LogP contribution is 2.16. The lowest BCUT2D eigenvalue weighted by Gasteiger charge is -2.18. The highest BCUT2D eigenvalue weighted by molar-refractivity contribution is 6.04. The molecule has 1 N–H and O–H groups in total. The Bertz CT molecular complexity index is 1040. The van der Waals surface area contributed by atoms with Crippen molar-refractivity contribution < 1.29 is 19.1 Å². The minimum Gasteiger partial charge on any atom is -0.489 e. The number of ether oxygens (including phenoxy) is 2. The lowest BCUT2D eigenvalue weighted by molar-refractivity contribution is -0.142. The molecule has 0 saturated heterocycles. The topological polar surface area (TPSA) is 64.6 Å². The minimum atomic E-state index is -0.615. The second kappa shape index (κ2) is 11.5. The number of carbonyl (C=O) groups excluding carboxylic acids is 2. The molecular formula is C27H27NO4. The van der Waals surface area contributed by atoms with E-state index in [1.54, 1.807) is 19.1 Å². The van der Waals surface area contributed by atoms with Gasteiger partial charge in [0, 0.05) is 23.8 Å². The molecule has 0 aliphatic carbocycles. The summed E-state index contributed by atoms with van der Waals surface area (Å²) in [4.78, 5) is 24.7. The Balaban J connectivity index is 1.61. The molecule has 0 amide bonds. The zero-order valence-corrected chi connectivity index (χ0v) is 18.3. The van der Waals surface area contributed by atoms with E-state index in [-0.39, 0.29) is 5.78 Å². The lowest BCUT2D eigenvalue weighted by atomic mass is 10.0. The zero-order chi connectivity index (χ0) is 22.8. The highest BCUT2D eigenvalue weighted by Gasteiger charge is 2.20. The second-order valence-corrected chi connectivity index (χ2v) is 7.40. The van der Waals surface area contributed by atoms with Gasteiger partial charge in [-0.3, -0.25) is 4.79 Å². The van der Waals surface area contributed by atoms with Crippen LogP contribution in [0, 0.1) is 0 Å². The first-order chi connectivity index (χ1) is 15.5. The van der Waals surface area contributed by atoms with Crippen LogP contribution in [0.15, 0.2) is 96.7 Å². The standard InChI is InChI=1S/C27H27NO4/c1-20(17-26(29)23-11-7-4-8-12-23)28-25(27(30)31-2)18-21-13-15-24(16-14-21)32-19-22-9-5-3-6-10-22/h3-17,25,28H,18-19H2,1-2H3/b20-17-. The maximum atomic E-state index is 12.4. The largest absolute Gasteiger partial charge is 0.489 e. The van der Waals surface area contributed by atoms with Crippen LogP contribution in [0.2, 0.25) is 0 Å². The monoisotopic (exact) mass is 429 g/mol. The Morgan fingerprint density at radius 3 is 2.12 bits per heavy atom. The van der Waals surface area contributed by atoms with Crippen molar-refractivity contribution in [2.24, 2.45) is 0 Å². The molecule has 0 aromatic heterocycles. The summed E-state index contributed by atoms with van der Waals surface area (Å²) in [6.45, 7) is 2.25. The molecule has 5 heteroatoms. The first-order valence-corrected chi connectivity index (χ1v) is 10.4. The number of hydrogen-bond acceptors (Lipinski definition) is 5. The van der Waals surface area contributed by atoms with E-state index in [2.05, 4.69) is 5.32 Å². The number of ketones is 1. The summed E-state index contributed by atoms with van der Waals surface area (Å²) in [7, 11) is 1.35. The van der Waals surface area contributed by atoms with Crippen LogP contribution in [0.4, 0.5) is 0 Å². The van der Waals surface area contributed by atoms with Gasteiger partial charge in [0.2, 0.25) is 0 Å². The number of nitrogens with one attached hydrogen (secondary N) is 1. The molecule has 1 atom stereocenters. The van der Waals surface area contributed by atoms with Gasteiger partial charge >= 0.3 is 5.97 Å². The summed E-state index contributed by atoms with van der Waals surface area (Å²) in [6, 6.07) is 25.9. The van der Waals surface area contributed by atoms with Gasteiger partial charge in [-0.25, -0.2) is 4.79 Å². The quantitative estimate of drug-likeness (QED) is 0.287. The second-order valence-electron chi connectivity index (χ2n) is 7.40. The third kappa shape index (κ3) is 6.84. The molecule has 0 aliphatic rings. The highest BCUT2D eigenvalue weighted by atomic mass is 16.5. The number of esters is 1. The summed E-state index contributed by atoms with van der Waals surface area (Å²) in [5.74, 6) is 0.234. The Hall–Kier alpha value is -3.86. The molecule has 0 saturated carbocycles. The van der Waals surface area contributed by atoms with Gasteiger partial charge in [0.1, 0.15) is 18.4 Å². The number of allylic oxidation sites excluding steroid dienone is 2. The molecule has 0 radical (unpaired) electrons. The average molecular weight is 430 g/mol. The van der Waals surface area contributed by atoms with Crippen molar-refractivity contribution in [2.45, 2.75) is 26.0 Å². The fourth-order valence-corrected chi connectivity index (χ4v) is 3.23. The third-order valence-electron chi connectivity index (χ3n) is 4.91. The van der Waals surface area contributed by atoms with Gasteiger partial charge in [-0.15, -0.1) is 0 Å². The van der Waals surface area contributed by atoms with E-state index in [4.69, 9.17) is 9.47 Å². The van der Waals surface area contributed by atoms with Gasteiger partial charge in [-0.1, -0.05) is 72.8 Å². The molecule has 0 spiro atoms. The summed E-state index contributed by atoms with van der Waals surface area (Å²) in [5.41, 5.74) is 3.23. The van der Waals surface area contributed by atoms with E-state index in [0.29, 0.717) is 24.3 Å². The first kappa shape index (κ1) is 22.8. The van der Waals surface area contributed by atoms with Crippen molar-refractivity contribution in [3.63, 3.8) is 0 Å². The van der Waals surface area contributed by atoms with Crippen LogP contribution in [0.25, 0.3) is 0 Å². The minimum absolute atomic E-state index is 0.126. The molecule has 164 valence electrons. The maximum absolute atomic E-state index is 12.4.